The third kappa shape index (κ3) is 5.33. The molecule has 0 aliphatic heterocycles. The number of benzene rings is 1. The van der Waals surface area contributed by atoms with Crippen LogP contribution < -0.4 is 5.32 Å². The van der Waals surface area contributed by atoms with Crippen molar-refractivity contribution in [3.63, 3.8) is 0 Å². The molecule has 116 valence electrons. The van der Waals surface area contributed by atoms with Crippen molar-refractivity contribution in [3.8, 4) is 0 Å². The number of aliphatic carboxylic acids is 1. The first kappa shape index (κ1) is 16.2. The van der Waals surface area contributed by atoms with Crippen molar-refractivity contribution in [1.82, 2.24) is 0 Å². The third-order valence-corrected chi connectivity index (χ3v) is 4.25. The molecule has 0 saturated carbocycles. The molecule has 0 fully saturated rings. The van der Waals surface area contributed by atoms with Gasteiger partial charge in [-0.15, -0.1) is 11.3 Å². The number of carbonyl (C=O) groups is 2. The Morgan fingerprint density at radius 3 is 2.73 bits per heavy atom. The molecule has 0 unspecified atom stereocenters. The standard InChI is InChI=1S/C17H19NO3S/c1-12-8-9-15(22-12)6-3-7-16(19)18-14-5-2-4-13(10-14)11-17(20)21/h2,4-5,8-10H,3,6-7,11H2,1H3,(H,18,19)(H,20,21). The summed E-state index contributed by atoms with van der Waals surface area (Å²) in [6, 6.07) is 11.2. The first-order valence-corrected chi connectivity index (χ1v) is 8.00. The highest BCUT2D eigenvalue weighted by Gasteiger charge is 2.06. The van der Waals surface area contributed by atoms with Gasteiger partial charge in [0.2, 0.25) is 5.91 Å². The van der Waals surface area contributed by atoms with E-state index in [2.05, 4.69) is 24.4 Å². The topological polar surface area (TPSA) is 66.4 Å². The minimum atomic E-state index is -0.880. The second-order valence-corrected chi connectivity index (χ2v) is 6.56. The first-order valence-electron chi connectivity index (χ1n) is 7.19. The van der Waals surface area contributed by atoms with Crippen LogP contribution in [0.3, 0.4) is 0 Å². The van der Waals surface area contributed by atoms with Crippen molar-refractivity contribution in [2.75, 3.05) is 5.32 Å². The zero-order chi connectivity index (χ0) is 15.9. The second kappa shape index (κ2) is 7.75. The summed E-state index contributed by atoms with van der Waals surface area (Å²) in [7, 11) is 0. The molecule has 0 saturated heterocycles. The van der Waals surface area contributed by atoms with Gasteiger partial charge in [-0.2, -0.15) is 0 Å². The van der Waals surface area contributed by atoms with E-state index >= 15 is 0 Å². The van der Waals surface area contributed by atoms with Crippen LogP contribution in [0.1, 0.15) is 28.2 Å². The van der Waals surface area contributed by atoms with Crippen molar-refractivity contribution in [3.05, 3.63) is 51.7 Å². The number of carboxylic acids is 1. The Morgan fingerprint density at radius 2 is 2.05 bits per heavy atom. The van der Waals surface area contributed by atoms with Gasteiger partial charge in [0.1, 0.15) is 0 Å². The summed E-state index contributed by atoms with van der Waals surface area (Å²) in [4.78, 5) is 25.2. The van der Waals surface area contributed by atoms with Gasteiger partial charge in [-0.05, 0) is 49.6 Å². The lowest BCUT2D eigenvalue weighted by Crippen LogP contribution is -2.11. The largest absolute Gasteiger partial charge is 0.481 e. The number of nitrogens with one attached hydrogen (secondary N) is 1. The van der Waals surface area contributed by atoms with E-state index in [1.54, 1.807) is 35.6 Å². The highest BCUT2D eigenvalue weighted by molar-refractivity contribution is 7.11. The van der Waals surface area contributed by atoms with E-state index in [1.165, 1.54) is 9.75 Å². The molecule has 2 aromatic rings. The SMILES string of the molecule is Cc1ccc(CCCC(=O)Nc2cccc(CC(=O)O)c2)s1. The zero-order valence-electron chi connectivity index (χ0n) is 12.5. The predicted octanol–water partition coefficient (Wildman–Crippen LogP) is 3.65. The molecule has 22 heavy (non-hydrogen) atoms. The Hall–Kier alpha value is -2.14. The Bertz CT molecular complexity index is 663. The first-order chi connectivity index (χ1) is 10.5. The fourth-order valence-corrected chi connectivity index (χ4v) is 3.13. The molecule has 1 heterocycles. The lowest BCUT2D eigenvalue weighted by Gasteiger charge is -2.06. The van der Waals surface area contributed by atoms with E-state index in [-0.39, 0.29) is 12.3 Å². The number of anilines is 1. The van der Waals surface area contributed by atoms with Crippen LogP contribution in [0.25, 0.3) is 0 Å². The maximum Gasteiger partial charge on any atom is 0.307 e. The molecule has 0 aliphatic carbocycles. The summed E-state index contributed by atoms with van der Waals surface area (Å²) < 4.78 is 0. The summed E-state index contributed by atoms with van der Waals surface area (Å²) in [6.45, 7) is 2.07. The van der Waals surface area contributed by atoms with Gasteiger partial charge in [-0.3, -0.25) is 9.59 Å². The summed E-state index contributed by atoms with van der Waals surface area (Å²) in [6.07, 6.45) is 2.13. The third-order valence-electron chi connectivity index (χ3n) is 3.19. The van der Waals surface area contributed by atoms with Crippen molar-refractivity contribution in [2.24, 2.45) is 0 Å². The van der Waals surface area contributed by atoms with Gasteiger partial charge in [-0.1, -0.05) is 12.1 Å². The number of carbonyl (C=O) groups excluding carboxylic acids is 1. The molecule has 0 radical (unpaired) electrons. The Balaban J connectivity index is 1.80. The van der Waals surface area contributed by atoms with Gasteiger partial charge in [0.15, 0.2) is 0 Å². The van der Waals surface area contributed by atoms with E-state index in [0.717, 1.165) is 12.8 Å². The number of hydrogen-bond donors (Lipinski definition) is 2. The van der Waals surface area contributed by atoms with Crippen LogP contribution in [0.5, 0.6) is 0 Å². The Labute approximate surface area is 133 Å². The van der Waals surface area contributed by atoms with Crippen LogP contribution in [0.4, 0.5) is 5.69 Å². The van der Waals surface area contributed by atoms with E-state index in [1.807, 2.05) is 0 Å². The van der Waals surface area contributed by atoms with Crippen LogP contribution in [0, 0.1) is 6.92 Å². The lowest BCUT2D eigenvalue weighted by molar-refractivity contribution is -0.136. The number of carboxylic acid groups (broad SMARTS) is 1. The maximum atomic E-state index is 11.9. The van der Waals surface area contributed by atoms with Gasteiger partial charge in [0.25, 0.3) is 0 Å². The van der Waals surface area contributed by atoms with Gasteiger partial charge in [0.05, 0.1) is 6.42 Å². The summed E-state index contributed by atoms with van der Waals surface area (Å²) in [5.41, 5.74) is 1.33. The molecule has 0 atom stereocenters. The molecule has 1 amide bonds. The second-order valence-electron chi connectivity index (χ2n) is 5.18. The molecule has 2 N–H and O–H groups in total. The van der Waals surface area contributed by atoms with E-state index in [4.69, 9.17) is 5.11 Å². The number of aryl methyl sites for hydroxylation is 2. The van der Waals surface area contributed by atoms with Crippen LogP contribution in [-0.2, 0) is 22.4 Å². The molecule has 5 heteroatoms. The smallest absolute Gasteiger partial charge is 0.307 e. The Morgan fingerprint density at radius 1 is 1.23 bits per heavy atom. The molecule has 1 aromatic heterocycles. The molecule has 1 aromatic carbocycles. The number of hydrogen-bond acceptors (Lipinski definition) is 3. The van der Waals surface area contributed by atoms with Gasteiger partial charge >= 0.3 is 5.97 Å². The number of amides is 1. The van der Waals surface area contributed by atoms with E-state index < -0.39 is 5.97 Å². The van der Waals surface area contributed by atoms with Crippen molar-refractivity contribution in [1.29, 1.82) is 0 Å². The fraction of sp³-hybridized carbons (Fsp3) is 0.294. The minimum absolute atomic E-state index is 0.0402. The van der Waals surface area contributed by atoms with E-state index in [0.29, 0.717) is 17.7 Å². The predicted molar refractivity (Wildman–Crippen MR) is 88.4 cm³/mol. The van der Waals surface area contributed by atoms with Gasteiger partial charge in [-0.25, -0.2) is 0 Å². The molecular formula is C17H19NO3S. The van der Waals surface area contributed by atoms with Gasteiger partial charge < -0.3 is 10.4 Å². The highest BCUT2D eigenvalue weighted by atomic mass is 32.1. The average molecular weight is 317 g/mol. The van der Waals surface area contributed by atoms with Crippen molar-refractivity contribution >= 4 is 28.9 Å². The van der Waals surface area contributed by atoms with Gasteiger partial charge in [0, 0.05) is 21.9 Å². The molecule has 0 bridgehead atoms. The fourth-order valence-electron chi connectivity index (χ4n) is 2.20. The van der Waals surface area contributed by atoms with Crippen LogP contribution in [-0.4, -0.2) is 17.0 Å². The number of rotatable bonds is 7. The van der Waals surface area contributed by atoms with Crippen LogP contribution in [0.15, 0.2) is 36.4 Å². The van der Waals surface area contributed by atoms with Crippen molar-refractivity contribution < 1.29 is 14.7 Å². The lowest BCUT2D eigenvalue weighted by atomic mass is 10.1. The van der Waals surface area contributed by atoms with Crippen LogP contribution >= 0.6 is 11.3 Å². The Kier molecular flexibility index (Phi) is 5.72. The summed E-state index contributed by atoms with van der Waals surface area (Å²) in [5, 5.41) is 11.6. The molecule has 0 aliphatic rings. The molecule has 2 rings (SSSR count). The average Bonchev–Trinajstić information content (AvgIpc) is 2.84. The van der Waals surface area contributed by atoms with E-state index in [9.17, 15) is 9.59 Å². The quantitative estimate of drug-likeness (QED) is 0.819. The molecule has 4 nitrogen and oxygen atoms in total. The molecular weight excluding hydrogens is 298 g/mol. The summed E-state index contributed by atoms with van der Waals surface area (Å²) in [5.74, 6) is -0.921. The monoisotopic (exact) mass is 317 g/mol. The maximum absolute atomic E-state index is 11.9. The molecule has 0 spiro atoms. The number of thiophene rings is 1. The van der Waals surface area contributed by atoms with Crippen LogP contribution in [0.2, 0.25) is 0 Å². The summed E-state index contributed by atoms with van der Waals surface area (Å²) >= 11 is 1.76. The minimum Gasteiger partial charge on any atom is -0.481 e. The normalized spacial score (nSPS) is 10.4. The zero-order valence-corrected chi connectivity index (χ0v) is 13.3. The highest BCUT2D eigenvalue weighted by Crippen LogP contribution is 2.18. The van der Waals surface area contributed by atoms with Crippen molar-refractivity contribution in [2.45, 2.75) is 32.6 Å².